The van der Waals surface area contributed by atoms with E-state index in [9.17, 15) is 13.2 Å². The van der Waals surface area contributed by atoms with Crippen molar-refractivity contribution in [3.05, 3.63) is 52.3 Å². The topological polar surface area (TPSA) is 112 Å². The number of anilines is 2. The number of aromatic nitrogens is 3. The smallest absolute Gasteiger partial charge is 0.256 e. The Morgan fingerprint density at radius 1 is 1.07 bits per heavy atom. The van der Waals surface area contributed by atoms with Gasteiger partial charge in [-0.05, 0) is 43.9 Å². The summed E-state index contributed by atoms with van der Waals surface area (Å²) in [6.07, 6.45) is 4.79. The summed E-state index contributed by atoms with van der Waals surface area (Å²) in [5, 5.41) is 5.38. The quantitative estimate of drug-likeness (QED) is 0.449. The van der Waals surface area contributed by atoms with Crippen molar-refractivity contribution in [2.24, 2.45) is 0 Å². The average molecular weight is 588 g/mol. The lowest BCUT2D eigenvalue weighted by atomic mass is 9.98. The molecule has 0 unspecified atom stereocenters. The SMILES string of the molecule is CS(=O)(=O)Nc1ccc(Cl)cc1C(=O)N1CCCC[C@H]1c1cc2nc(N3CCC3)cc(CN3CCOCC3)n2n1. The van der Waals surface area contributed by atoms with Crippen LogP contribution in [0.5, 0.6) is 0 Å². The number of rotatable bonds is 7. The molecular formula is C27H34ClN7O4S. The number of fused-ring (bicyclic) bond motifs is 1. The number of sulfonamides is 1. The number of benzene rings is 1. The van der Waals surface area contributed by atoms with Crippen molar-refractivity contribution in [1.82, 2.24) is 24.4 Å². The fourth-order valence-electron chi connectivity index (χ4n) is 5.63. The molecule has 40 heavy (non-hydrogen) atoms. The lowest BCUT2D eigenvalue weighted by Crippen LogP contribution is -2.39. The predicted molar refractivity (Wildman–Crippen MR) is 153 cm³/mol. The van der Waals surface area contributed by atoms with Gasteiger partial charge in [-0.3, -0.25) is 14.4 Å². The molecular weight excluding hydrogens is 554 g/mol. The van der Waals surface area contributed by atoms with E-state index in [1.807, 2.05) is 10.6 Å². The Labute approximate surface area is 239 Å². The molecule has 3 aliphatic rings. The Balaban J connectivity index is 1.36. The van der Waals surface area contributed by atoms with Gasteiger partial charge < -0.3 is 14.5 Å². The molecule has 3 saturated heterocycles. The van der Waals surface area contributed by atoms with Gasteiger partial charge in [0.25, 0.3) is 5.91 Å². The Morgan fingerprint density at radius 2 is 1.88 bits per heavy atom. The van der Waals surface area contributed by atoms with Crippen molar-refractivity contribution in [2.75, 3.05) is 61.8 Å². The molecule has 6 rings (SSSR count). The van der Waals surface area contributed by atoms with Crippen LogP contribution in [-0.2, 0) is 21.3 Å². The standard InChI is InChI=1S/C27H34ClN7O4S/c1-40(37,38)31-22-7-6-19(28)15-21(22)27(36)34-10-3-2-5-24(34)23-17-26-29-25(33-8-4-9-33)16-20(35(26)30-23)18-32-11-13-39-14-12-32/h6-7,15-17,24,31H,2-5,8-14,18H2,1H3/t24-/m0/s1. The minimum absolute atomic E-state index is 0.213. The maximum absolute atomic E-state index is 13.9. The molecule has 1 amide bonds. The molecule has 3 aromatic rings. The predicted octanol–water partition coefficient (Wildman–Crippen LogP) is 3.16. The molecule has 3 fully saturated rings. The number of likely N-dealkylation sites (tertiary alicyclic amines) is 1. The van der Waals surface area contributed by atoms with Gasteiger partial charge in [0, 0.05) is 56.4 Å². The largest absolute Gasteiger partial charge is 0.379 e. The minimum atomic E-state index is -3.59. The number of hydrogen-bond acceptors (Lipinski definition) is 8. The molecule has 1 atom stereocenters. The number of hydrogen-bond donors (Lipinski definition) is 1. The first kappa shape index (κ1) is 27.3. The van der Waals surface area contributed by atoms with E-state index < -0.39 is 10.0 Å². The summed E-state index contributed by atoms with van der Waals surface area (Å²) in [4.78, 5) is 25.3. The molecule has 0 radical (unpaired) electrons. The molecule has 3 aliphatic heterocycles. The van der Waals surface area contributed by atoms with Gasteiger partial charge in [0.1, 0.15) is 5.82 Å². The summed E-state index contributed by atoms with van der Waals surface area (Å²) < 4.78 is 33.9. The third-order valence-electron chi connectivity index (χ3n) is 7.79. The van der Waals surface area contributed by atoms with Crippen molar-refractivity contribution in [2.45, 2.75) is 38.3 Å². The number of halogens is 1. The van der Waals surface area contributed by atoms with Crippen LogP contribution in [0.1, 0.15) is 53.5 Å². The Morgan fingerprint density at radius 3 is 2.60 bits per heavy atom. The number of ether oxygens (including phenoxy) is 1. The summed E-state index contributed by atoms with van der Waals surface area (Å²) >= 11 is 6.24. The molecule has 0 bridgehead atoms. The van der Waals surface area contributed by atoms with Gasteiger partial charge in [-0.25, -0.2) is 17.9 Å². The van der Waals surface area contributed by atoms with Gasteiger partial charge in [0.2, 0.25) is 10.0 Å². The van der Waals surface area contributed by atoms with Crippen LogP contribution in [0.3, 0.4) is 0 Å². The van der Waals surface area contributed by atoms with Crippen molar-refractivity contribution in [3.63, 3.8) is 0 Å². The Kier molecular flexibility index (Phi) is 7.60. The molecule has 0 spiro atoms. The molecule has 11 nitrogen and oxygen atoms in total. The van der Waals surface area contributed by atoms with Gasteiger partial charge in [-0.15, -0.1) is 0 Å². The number of amides is 1. The van der Waals surface area contributed by atoms with E-state index in [-0.39, 0.29) is 23.2 Å². The van der Waals surface area contributed by atoms with Crippen LogP contribution < -0.4 is 9.62 Å². The zero-order valence-corrected chi connectivity index (χ0v) is 24.1. The summed E-state index contributed by atoms with van der Waals surface area (Å²) in [6.45, 7) is 6.44. The maximum atomic E-state index is 13.9. The third-order valence-corrected chi connectivity index (χ3v) is 8.61. The third kappa shape index (κ3) is 5.76. The fraction of sp³-hybridized carbons (Fsp3) is 0.519. The van der Waals surface area contributed by atoms with Crippen LogP contribution in [-0.4, -0.2) is 90.9 Å². The van der Waals surface area contributed by atoms with Crippen LogP contribution in [0, 0.1) is 0 Å². The summed E-state index contributed by atoms with van der Waals surface area (Å²) in [5.74, 6) is 0.679. The number of carbonyl (C=O) groups excluding carboxylic acids is 1. The lowest BCUT2D eigenvalue weighted by molar-refractivity contribution is 0.0333. The van der Waals surface area contributed by atoms with E-state index in [2.05, 4.69) is 20.6 Å². The Bertz CT molecular complexity index is 1520. The highest BCUT2D eigenvalue weighted by molar-refractivity contribution is 7.92. The van der Waals surface area contributed by atoms with Gasteiger partial charge in [-0.1, -0.05) is 11.6 Å². The molecule has 0 saturated carbocycles. The van der Waals surface area contributed by atoms with Crippen LogP contribution in [0.15, 0.2) is 30.3 Å². The minimum Gasteiger partial charge on any atom is -0.379 e. The van der Waals surface area contributed by atoms with Crippen molar-refractivity contribution in [1.29, 1.82) is 0 Å². The molecule has 0 aliphatic carbocycles. The Hall–Kier alpha value is -2.93. The maximum Gasteiger partial charge on any atom is 0.256 e. The summed E-state index contributed by atoms with van der Waals surface area (Å²) in [5.41, 5.74) is 3.04. The average Bonchev–Trinajstić information content (AvgIpc) is 3.33. The van der Waals surface area contributed by atoms with Gasteiger partial charge in [-0.2, -0.15) is 5.10 Å². The first-order valence-electron chi connectivity index (χ1n) is 13.8. The first-order chi connectivity index (χ1) is 19.2. The zero-order chi connectivity index (χ0) is 27.9. The molecule has 1 N–H and O–H groups in total. The van der Waals surface area contributed by atoms with E-state index >= 15 is 0 Å². The molecule has 13 heteroatoms. The van der Waals surface area contributed by atoms with E-state index in [0.29, 0.717) is 11.6 Å². The van der Waals surface area contributed by atoms with Gasteiger partial charge >= 0.3 is 0 Å². The highest BCUT2D eigenvalue weighted by Crippen LogP contribution is 2.34. The number of nitrogens with one attached hydrogen (secondary N) is 1. The second kappa shape index (κ2) is 11.2. The van der Waals surface area contributed by atoms with Gasteiger partial charge in [0.05, 0.1) is 48.2 Å². The van der Waals surface area contributed by atoms with E-state index in [1.165, 1.54) is 12.1 Å². The monoisotopic (exact) mass is 587 g/mol. The zero-order valence-electron chi connectivity index (χ0n) is 22.6. The highest BCUT2D eigenvalue weighted by Gasteiger charge is 2.33. The number of morpholine rings is 1. The van der Waals surface area contributed by atoms with E-state index in [0.717, 1.165) is 101 Å². The number of carbonyl (C=O) groups is 1. The summed E-state index contributed by atoms with van der Waals surface area (Å²) in [6, 6.07) is 8.48. The first-order valence-corrected chi connectivity index (χ1v) is 16.0. The summed E-state index contributed by atoms with van der Waals surface area (Å²) in [7, 11) is -3.59. The normalized spacial score (nSPS) is 20.5. The molecule has 1 aromatic carbocycles. The van der Waals surface area contributed by atoms with Crippen LogP contribution >= 0.6 is 11.6 Å². The second-order valence-corrected chi connectivity index (χ2v) is 12.9. The van der Waals surface area contributed by atoms with Crippen LogP contribution in [0.4, 0.5) is 11.5 Å². The van der Waals surface area contributed by atoms with Crippen molar-refractivity contribution < 1.29 is 17.9 Å². The van der Waals surface area contributed by atoms with Crippen molar-refractivity contribution >= 4 is 44.7 Å². The van der Waals surface area contributed by atoms with E-state index in [4.69, 9.17) is 26.4 Å². The fourth-order valence-corrected chi connectivity index (χ4v) is 6.38. The van der Waals surface area contributed by atoms with Crippen LogP contribution in [0.25, 0.3) is 5.65 Å². The lowest BCUT2D eigenvalue weighted by Gasteiger charge is -2.35. The molecule has 214 valence electrons. The van der Waals surface area contributed by atoms with Crippen molar-refractivity contribution in [3.8, 4) is 0 Å². The molecule has 5 heterocycles. The number of piperidine rings is 1. The molecule has 2 aromatic heterocycles. The second-order valence-electron chi connectivity index (χ2n) is 10.7. The van der Waals surface area contributed by atoms with E-state index in [1.54, 1.807) is 11.0 Å². The van der Waals surface area contributed by atoms with Gasteiger partial charge in [0.15, 0.2) is 5.65 Å². The number of nitrogens with zero attached hydrogens (tertiary/aromatic N) is 6. The van der Waals surface area contributed by atoms with Crippen LogP contribution in [0.2, 0.25) is 5.02 Å². The highest BCUT2D eigenvalue weighted by atomic mass is 35.5.